The molecule has 1 N–H and O–H groups in total. The third-order valence-corrected chi connectivity index (χ3v) is 4.25. The van der Waals surface area contributed by atoms with Crippen molar-refractivity contribution >= 4 is 11.8 Å². The van der Waals surface area contributed by atoms with E-state index in [9.17, 15) is 15.0 Å². The Hall–Kier alpha value is -1.20. The highest BCUT2D eigenvalue weighted by Crippen LogP contribution is 2.21. The molecule has 0 saturated carbocycles. The summed E-state index contributed by atoms with van der Waals surface area (Å²) in [6.07, 6.45) is 14.1. The minimum atomic E-state index is -1.11. The van der Waals surface area contributed by atoms with Gasteiger partial charge in [0.1, 0.15) is 19.3 Å². The summed E-state index contributed by atoms with van der Waals surface area (Å²) in [5.74, 6) is -0.271. The van der Waals surface area contributed by atoms with E-state index < -0.39 is 5.97 Å². The van der Waals surface area contributed by atoms with E-state index in [0.717, 1.165) is 25.1 Å². The second kappa shape index (κ2) is 10.5. The van der Waals surface area contributed by atoms with Gasteiger partial charge in [0.15, 0.2) is 0 Å². The first kappa shape index (κ1) is 18.8. The molecule has 0 aromatic carbocycles. The lowest BCUT2D eigenvalue weighted by atomic mass is 10.1. The Kier molecular flexibility index (Phi) is 9.01. The maximum absolute atomic E-state index is 11.0. The highest BCUT2D eigenvalue weighted by atomic mass is 16.4. The number of carboxylic acids is 1. The van der Waals surface area contributed by atoms with E-state index in [0.29, 0.717) is 6.54 Å². The number of carbonyl (C=O) groups is 1. The van der Waals surface area contributed by atoms with Crippen LogP contribution in [0.15, 0.2) is 17.4 Å². The second-order valence-electron chi connectivity index (χ2n) is 6.08. The molecular formula is C17H30N2O3. The van der Waals surface area contributed by atoms with E-state index in [2.05, 4.69) is 11.9 Å². The Morgan fingerprint density at radius 1 is 1.18 bits per heavy atom. The van der Waals surface area contributed by atoms with Crippen LogP contribution in [0.1, 0.15) is 64.7 Å². The van der Waals surface area contributed by atoms with Crippen LogP contribution >= 0.6 is 0 Å². The highest BCUT2D eigenvalue weighted by molar-refractivity contribution is 5.80. The number of unbranched alkanes of at least 4 members (excludes halogenated alkanes) is 7. The number of hydrogen-bond donors (Lipinski definition) is 1. The van der Waals surface area contributed by atoms with Crippen molar-refractivity contribution in [2.45, 2.75) is 64.7 Å². The summed E-state index contributed by atoms with van der Waals surface area (Å²) < 4.78 is 0.120. The molecule has 22 heavy (non-hydrogen) atoms. The molecule has 0 bridgehead atoms. The molecule has 0 amide bonds. The van der Waals surface area contributed by atoms with Gasteiger partial charge >= 0.3 is 0 Å². The summed E-state index contributed by atoms with van der Waals surface area (Å²) in [6.45, 7) is 2.36. The molecule has 0 aromatic heterocycles. The van der Waals surface area contributed by atoms with Gasteiger partial charge in [0.2, 0.25) is 5.84 Å². The highest BCUT2D eigenvalue weighted by Gasteiger charge is 2.34. The van der Waals surface area contributed by atoms with Gasteiger partial charge in [-0.3, -0.25) is 0 Å². The normalized spacial score (nSPS) is 20.4. The van der Waals surface area contributed by atoms with Gasteiger partial charge in [-0.2, -0.15) is 0 Å². The fraction of sp³-hybridized carbons (Fsp3) is 0.765. The molecular weight excluding hydrogens is 280 g/mol. The summed E-state index contributed by atoms with van der Waals surface area (Å²) >= 11 is 0. The van der Waals surface area contributed by atoms with Crippen molar-refractivity contribution in [3.63, 3.8) is 0 Å². The summed E-state index contributed by atoms with van der Waals surface area (Å²) in [7, 11) is 0. The zero-order chi connectivity index (χ0) is 16.3. The Balaban J connectivity index is 2.30. The van der Waals surface area contributed by atoms with Crippen LogP contribution < -0.4 is 5.11 Å². The van der Waals surface area contributed by atoms with Gasteiger partial charge in [-0.1, -0.05) is 51.9 Å². The van der Waals surface area contributed by atoms with E-state index in [1.807, 2.05) is 0 Å². The molecule has 1 atom stereocenters. The lowest BCUT2D eigenvalue weighted by Crippen LogP contribution is -2.54. The number of aliphatic imine (C=N–C) groups is 1. The van der Waals surface area contributed by atoms with E-state index in [4.69, 9.17) is 0 Å². The van der Waals surface area contributed by atoms with Gasteiger partial charge in [-0.05, 0) is 6.42 Å². The van der Waals surface area contributed by atoms with E-state index in [1.54, 1.807) is 12.4 Å². The third kappa shape index (κ3) is 6.28. The quantitative estimate of drug-likeness (QED) is 0.417. The average Bonchev–Trinajstić information content (AvgIpc) is 2.84. The first-order valence-corrected chi connectivity index (χ1v) is 8.57. The molecule has 0 aromatic rings. The number of aliphatic hydroxyl groups is 1. The minimum Gasteiger partial charge on any atom is -0.544 e. The van der Waals surface area contributed by atoms with Crippen LogP contribution in [0.4, 0.5) is 0 Å². The maximum Gasteiger partial charge on any atom is 0.207 e. The minimum absolute atomic E-state index is 0.0614. The number of carboxylic acid groups (broad SMARTS) is 1. The van der Waals surface area contributed by atoms with Gasteiger partial charge in [0, 0.05) is 6.42 Å². The number of rotatable bonds is 13. The topological polar surface area (TPSA) is 72.7 Å². The van der Waals surface area contributed by atoms with Gasteiger partial charge in [-0.25, -0.2) is 9.48 Å². The Morgan fingerprint density at radius 3 is 2.41 bits per heavy atom. The number of nitrogens with zero attached hydrogens (tertiary/aromatic N) is 2. The molecule has 1 unspecified atom stereocenters. The van der Waals surface area contributed by atoms with Crippen LogP contribution in [0.5, 0.6) is 0 Å². The predicted octanol–water partition coefficient (Wildman–Crippen LogP) is 1.96. The van der Waals surface area contributed by atoms with Crippen molar-refractivity contribution in [3.05, 3.63) is 12.4 Å². The summed E-state index contributed by atoms with van der Waals surface area (Å²) in [6, 6.07) is 0. The van der Waals surface area contributed by atoms with Crippen molar-refractivity contribution in [2.75, 3.05) is 19.7 Å². The van der Waals surface area contributed by atoms with Crippen molar-refractivity contribution in [1.82, 2.24) is 0 Å². The molecule has 126 valence electrons. The van der Waals surface area contributed by atoms with Crippen LogP contribution in [0.3, 0.4) is 0 Å². The standard InChI is InChI=1S/C17H30N2O3/c1-2-3-4-5-6-7-8-9-10-16-18-11-12-19(16,13-14-20)15-17(21)22/h11-12,20H,2-10,13-15H2,1H3. The number of aliphatic hydroxyl groups excluding tert-OH is 1. The van der Waals surface area contributed by atoms with Crippen LogP contribution in [0.25, 0.3) is 0 Å². The molecule has 0 aliphatic carbocycles. The van der Waals surface area contributed by atoms with Gasteiger partial charge in [0.25, 0.3) is 0 Å². The van der Waals surface area contributed by atoms with Crippen molar-refractivity contribution in [2.24, 2.45) is 4.99 Å². The van der Waals surface area contributed by atoms with Crippen LogP contribution in [0.2, 0.25) is 0 Å². The Labute approximate surface area is 133 Å². The fourth-order valence-electron chi connectivity index (χ4n) is 2.99. The monoisotopic (exact) mass is 310 g/mol. The zero-order valence-corrected chi connectivity index (χ0v) is 13.8. The van der Waals surface area contributed by atoms with E-state index in [-0.39, 0.29) is 17.6 Å². The summed E-state index contributed by atoms with van der Waals surface area (Å²) in [4.78, 5) is 15.3. The van der Waals surface area contributed by atoms with E-state index >= 15 is 0 Å². The maximum atomic E-state index is 11.0. The third-order valence-electron chi connectivity index (χ3n) is 4.25. The van der Waals surface area contributed by atoms with Gasteiger partial charge < -0.3 is 15.0 Å². The molecule has 0 spiro atoms. The summed E-state index contributed by atoms with van der Waals surface area (Å²) in [5, 5.41) is 20.2. The van der Waals surface area contributed by atoms with Gasteiger partial charge in [0.05, 0.1) is 18.8 Å². The van der Waals surface area contributed by atoms with Gasteiger partial charge in [-0.15, -0.1) is 0 Å². The molecule has 1 rings (SSSR count). The Morgan fingerprint density at radius 2 is 1.82 bits per heavy atom. The molecule has 0 saturated heterocycles. The predicted molar refractivity (Wildman–Crippen MR) is 85.9 cm³/mol. The number of carbonyl (C=O) groups excluding carboxylic acids is 1. The Bertz CT molecular complexity index is 393. The van der Waals surface area contributed by atoms with Crippen molar-refractivity contribution in [1.29, 1.82) is 0 Å². The molecule has 5 heteroatoms. The molecule has 1 aliphatic heterocycles. The smallest absolute Gasteiger partial charge is 0.207 e. The first-order chi connectivity index (χ1) is 10.6. The number of aliphatic carboxylic acids is 1. The number of quaternary nitrogens is 1. The molecule has 0 fully saturated rings. The summed E-state index contributed by atoms with van der Waals surface area (Å²) in [5.41, 5.74) is 0. The fourth-order valence-corrected chi connectivity index (χ4v) is 2.99. The number of hydrogen-bond acceptors (Lipinski definition) is 4. The first-order valence-electron chi connectivity index (χ1n) is 8.57. The second-order valence-corrected chi connectivity index (χ2v) is 6.08. The lowest BCUT2D eigenvalue weighted by Gasteiger charge is -2.32. The molecule has 5 nitrogen and oxygen atoms in total. The zero-order valence-electron chi connectivity index (χ0n) is 13.8. The average molecular weight is 310 g/mol. The van der Waals surface area contributed by atoms with Crippen LogP contribution in [-0.4, -0.2) is 41.1 Å². The molecule has 1 heterocycles. The molecule has 1 aliphatic rings. The van der Waals surface area contributed by atoms with E-state index in [1.165, 1.54) is 38.5 Å². The van der Waals surface area contributed by atoms with Crippen LogP contribution in [0, 0.1) is 0 Å². The lowest BCUT2D eigenvalue weighted by molar-refractivity contribution is -0.783. The van der Waals surface area contributed by atoms with Crippen molar-refractivity contribution in [3.8, 4) is 0 Å². The molecule has 0 radical (unpaired) electrons. The van der Waals surface area contributed by atoms with Crippen molar-refractivity contribution < 1.29 is 19.5 Å². The SMILES string of the molecule is CCCCCCCCCCC1=NC=C[N+]1(CCO)CC(=O)[O-]. The van der Waals surface area contributed by atoms with Crippen LogP contribution in [-0.2, 0) is 4.79 Å². The number of amidine groups is 1. The largest absolute Gasteiger partial charge is 0.544 e.